The number of Topliss-reactive ketones (excluding diaryl/α,β-unsaturated/α-hetero) is 1. The van der Waals surface area contributed by atoms with Crippen LogP contribution in [-0.2, 0) is 9.53 Å². The zero-order valence-corrected chi connectivity index (χ0v) is 18.6. The Morgan fingerprint density at radius 3 is 2.52 bits per heavy atom. The minimum absolute atomic E-state index is 0.234. The Bertz CT molecular complexity index is 628. The molecule has 5 aliphatic rings. The average molecular weight is 404 g/mol. The number of ether oxygens (including phenoxy) is 1. The predicted molar refractivity (Wildman–Crippen MR) is 113 cm³/mol. The van der Waals surface area contributed by atoms with Crippen LogP contribution in [0.5, 0.6) is 0 Å². The van der Waals surface area contributed by atoms with Crippen molar-refractivity contribution in [2.45, 2.75) is 77.2 Å². The molecule has 8 atom stereocenters. The van der Waals surface area contributed by atoms with Crippen LogP contribution in [0.1, 0.15) is 71.6 Å². The molecule has 1 heterocycles. The van der Waals surface area contributed by atoms with E-state index in [0.717, 1.165) is 75.2 Å². The Labute approximate surface area is 176 Å². The monoisotopic (exact) mass is 403 g/mol. The van der Waals surface area contributed by atoms with E-state index in [2.05, 4.69) is 18.7 Å². The van der Waals surface area contributed by atoms with E-state index < -0.39 is 5.60 Å². The maximum Gasteiger partial charge on any atom is 0.150 e. The Kier molecular flexibility index (Phi) is 5.36. The van der Waals surface area contributed by atoms with E-state index in [4.69, 9.17) is 4.74 Å². The SMILES string of the molecule is C[C@]1(O)CC[C@H]2[C@@H](CC[C@@H]3[C@@H]2CC[C@]2(C)[C@@H](C(=O)CN4CCOCC4)CC[C@@H]32)C1. The Balaban J connectivity index is 1.28. The molecule has 29 heavy (non-hydrogen) atoms. The van der Waals surface area contributed by atoms with Gasteiger partial charge in [-0.2, -0.15) is 0 Å². The molecule has 1 N–H and O–H groups in total. The molecular formula is C25H41NO3. The summed E-state index contributed by atoms with van der Waals surface area (Å²) in [6, 6.07) is 0. The van der Waals surface area contributed by atoms with E-state index in [0.29, 0.717) is 12.3 Å². The van der Waals surface area contributed by atoms with Crippen LogP contribution in [0.3, 0.4) is 0 Å². The number of hydrogen-bond acceptors (Lipinski definition) is 4. The van der Waals surface area contributed by atoms with Gasteiger partial charge in [0.1, 0.15) is 5.78 Å². The highest BCUT2D eigenvalue weighted by molar-refractivity contribution is 5.84. The van der Waals surface area contributed by atoms with Gasteiger partial charge >= 0.3 is 0 Å². The molecule has 4 nitrogen and oxygen atoms in total. The van der Waals surface area contributed by atoms with Crippen LogP contribution in [-0.4, -0.2) is 54.2 Å². The second-order valence-electron chi connectivity index (χ2n) is 11.7. The van der Waals surface area contributed by atoms with Gasteiger partial charge in [0.05, 0.1) is 25.4 Å². The number of carbonyl (C=O) groups is 1. The maximum atomic E-state index is 13.3. The lowest BCUT2D eigenvalue weighted by molar-refractivity contribution is -0.134. The van der Waals surface area contributed by atoms with Crippen molar-refractivity contribution in [3.8, 4) is 0 Å². The molecule has 0 amide bonds. The number of carbonyl (C=O) groups excluding carboxylic acids is 1. The van der Waals surface area contributed by atoms with Gasteiger partial charge in [0, 0.05) is 19.0 Å². The van der Waals surface area contributed by atoms with E-state index in [1.807, 2.05) is 0 Å². The van der Waals surface area contributed by atoms with Crippen molar-refractivity contribution in [1.29, 1.82) is 0 Å². The predicted octanol–water partition coefficient (Wildman–Crippen LogP) is 3.91. The van der Waals surface area contributed by atoms with Gasteiger partial charge in [0.2, 0.25) is 0 Å². The van der Waals surface area contributed by atoms with Gasteiger partial charge < -0.3 is 9.84 Å². The summed E-state index contributed by atoms with van der Waals surface area (Å²) in [6.45, 7) is 8.54. The van der Waals surface area contributed by atoms with Gasteiger partial charge in [0.25, 0.3) is 0 Å². The summed E-state index contributed by atoms with van der Waals surface area (Å²) in [5.41, 5.74) is -0.195. The molecule has 1 saturated heterocycles. The standard InChI is InChI=1S/C25H41NO3/c1-24(28)9-7-18-17(15-24)3-4-20-19(18)8-10-25(2)21(20)5-6-22(25)23(27)16-26-11-13-29-14-12-26/h17-22,28H,3-16H2,1-2H3/t17-,18-,19+,20+,21-,22+,24-,25-/m0/s1. The molecule has 4 aliphatic carbocycles. The molecule has 0 aromatic carbocycles. The number of rotatable bonds is 3. The summed E-state index contributed by atoms with van der Waals surface area (Å²) in [5.74, 6) is 4.81. The van der Waals surface area contributed by atoms with Crippen molar-refractivity contribution < 1.29 is 14.6 Å². The van der Waals surface area contributed by atoms with Crippen molar-refractivity contribution >= 4 is 5.78 Å². The van der Waals surface area contributed by atoms with Crippen LogP contribution in [0.25, 0.3) is 0 Å². The van der Waals surface area contributed by atoms with Crippen molar-refractivity contribution in [1.82, 2.24) is 4.90 Å². The van der Waals surface area contributed by atoms with Gasteiger partial charge in [-0.25, -0.2) is 0 Å². The molecule has 4 heteroatoms. The molecule has 0 aromatic heterocycles. The van der Waals surface area contributed by atoms with Crippen LogP contribution in [0, 0.1) is 40.9 Å². The minimum Gasteiger partial charge on any atom is -0.390 e. The van der Waals surface area contributed by atoms with E-state index in [-0.39, 0.29) is 11.3 Å². The summed E-state index contributed by atoms with van der Waals surface area (Å²) >= 11 is 0. The fraction of sp³-hybridized carbons (Fsp3) is 0.960. The molecule has 164 valence electrons. The molecule has 1 aliphatic heterocycles. The zero-order chi connectivity index (χ0) is 20.2. The first kappa shape index (κ1) is 20.5. The quantitative estimate of drug-likeness (QED) is 0.776. The molecular weight excluding hydrogens is 362 g/mol. The van der Waals surface area contributed by atoms with Crippen LogP contribution < -0.4 is 0 Å². The first-order valence-electron chi connectivity index (χ1n) is 12.4. The van der Waals surface area contributed by atoms with E-state index in [9.17, 15) is 9.90 Å². The summed E-state index contributed by atoms with van der Waals surface area (Å²) in [6.07, 6.45) is 10.8. The zero-order valence-electron chi connectivity index (χ0n) is 18.6. The summed E-state index contributed by atoms with van der Waals surface area (Å²) < 4.78 is 5.46. The minimum atomic E-state index is -0.429. The van der Waals surface area contributed by atoms with Crippen LogP contribution in [0.2, 0.25) is 0 Å². The Morgan fingerprint density at radius 1 is 0.966 bits per heavy atom. The largest absolute Gasteiger partial charge is 0.390 e. The molecule has 5 rings (SSSR count). The van der Waals surface area contributed by atoms with Gasteiger partial charge in [-0.1, -0.05) is 6.92 Å². The highest BCUT2D eigenvalue weighted by Crippen LogP contribution is 2.64. The number of fused-ring (bicyclic) bond motifs is 5. The highest BCUT2D eigenvalue weighted by Gasteiger charge is 2.58. The number of morpholine rings is 1. The third kappa shape index (κ3) is 3.61. The number of nitrogens with zero attached hydrogens (tertiary/aromatic N) is 1. The molecule has 0 spiro atoms. The number of ketones is 1. The van der Waals surface area contributed by atoms with Gasteiger partial charge in [0.15, 0.2) is 0 Å². The molecule has 4 saturated carbocycles. The van der Waals surface area contributed by atoms with E-state index >= 15 is 0 Å². The second kappa shape index (κ2) is 7.60. The average Bonchev–Trinajstić information content (AvgIpc) is 3.05. The first-order chi connectivity index (χ1) is 13.9. The molecule has 0 radical (unpaired) electrons. The van der Waals surface area contributed by atoms with Crippen molar-refractivity contribution in [3.05, 3.63) is 0 Å². The summed E-state index contributed by atoms with van der Waals surface area (Å²) in [5, 5.41) is 10.6. The molecule has 0 aromatic rings. The van der Waals surface area contributed by atoms with Crippen LogP contribution in [0.15, 0.2) is 0 Å². The Hall–Kier alpha value is -0.450. The lowest BCUT2D eigenvalue weighted by atomic mass is 9.49. The number of hydrogen-bond donors (Lipinski definition) is 1. The topological polar surface area (TPSA) is 49.8 Å². The van der Waals surface area contributed by atoms with Crippen LogP contribution in [0.4, 0.5) is 0 Å². The number of aliphatic hydroxyl groups is 1. The van der Waals surface area contributed by atoms with Gasteiger partial charge in [-0.05, 0) is 99.7 Å². The normalized spacial score (nSPS) is 50.4. The van der Waals surface area contributed by atoms with E-state index in [1.54, 1.807) is 0 Å². The third-order valence-electron chi connectivity index (χ3n) is 10.1. The first-order valence-corrected chi connectivity index (χ1v) is 12.4. The van der Waals surface area contributed by atoms with Gasteiger partial charge in [-0.15, -0.1) is 0 Å². The second-order valence-corrected chi connectivity index (χ2v) is 11.7. The molecule has 5 fully saturated rings. The lowest BCUT2D eigenvalue weighted by Gasteiger charge is -2.57. The smallest absolute Gasteiger partial charge is 0.150 e. The van der Waals surface area contributed by atoms with Crippen molar-refractivity contribution in [3.63, 3.8) is 0 Å². The van der Waals surface area contributed by atoms with E-state index in [1.165, 1.54) is 38.5 Å². The lowest BCUT2D eigenvalue weighted by Crippen LogP contribution is -2.51. The summed E-state index contributed by atoms with van der Waals surface area (Å²) in [4.78, 5) is 15.6. The molecule has 0 bridgehead atoms. The van der Waals surface area contributed by atoms with Crippen LogP contribution >= 0.6 is 0 Å². The van der Waals surface area contributed by atoms with Crippen molar-refractivity contribution in [2.75, 3.05) is 32.8 Å². The Morgan fingerprint density at radius 2 is 1.72 bits per heavy atom. The maximum absolute atomic E-state index is 13.3. The highest BCUT2D eigenvalue weighted by atomic mass is 16.5. The fourth-order valence-electron chi connectivity index (χ4n) is 8.70. The molecule has 0 unspecified atom stereocenters. The van der Waals surface area contributed by atoms with Gasteiger partial charge in [-0.3, -0.25) is 9.69 Å². The van der Waals surface area contributed by atoms with Crippen molar-refractivity contribution in [2.24, 2.45) is 40.9 Å². The summed E-state index contributed by atoms with van der Waals surface area (Å²) in [7, 11) is 0. The third-order valence-corrected chi connectivity index (χ3v) is 10.1. The fourth-order valence-corrected chi connectivity index (χ4v) is 8.70.